The first-order chi connectivity index (χ1) is 7.77. The average molecular weight is 220 g/mol. The van der Waals surface area contributed by atoms with Crippen LogP contribution in [0.15, 0.2) is 24.5 Å². The molecule has 4 nitrogen and oxygen atoms in total. The standard InChI is InChI=1S/C12H16N2O2/c15-12(16)11(9-14-7-1-2-8-14)10-3-5-13-6-4-10/h3-6,11H,1-2,7-9H2,(H,15,16). The lowest BCUT2D eigenvalue weighted by molar-refractivity contribution is -0.139. The molecule has 0 radical (unpaired) electrons. The summed E-state index contributed by atoms with van der Waals surface area (Å²) < 4.78 is 0. The Morgan fingerprint density at radius 2 is 2.00 bits per heavy atom. The van der Waals surface area contributed by atoms with Gasteiger partial charge in [-0.05, 0) is 43.6 Å². The molecule has 1 fully saturated rings. The average Bonchev–Trinajstić information content (AvgIpc) is 2.79. The van der Waals surface area contributed by atoms with Crippen LogP contribution >= 0.6 is 0 Å². The van der Waals surface area contributed by atoms with Crippen molar-refractivity contribution < 1.29 is 9.90 Å². The van der Waals surface area contributed by atoms with Gasteiger partial charge in [0.1, 0.15) is 0 Å². The molecular formula is C12H16N2O2. The van der Waals surface area contributed by atoms with Crippen LogP contribution in [0, 0.1) is 0 Å². The Hall–Kier alpha value is -1.42. The summed E-state index contributed by atoms with van der Waals surface area (Å²) in [4.78, 5) is 17.4. The highest BCUT2D eigenvalue weighted by Gasteiger charge is 2.24. The molecule has 16 heavy (non-hydrogen) atoms. The number of nitrogens with zero attached hydrogens (tertiary/aromatic N) is 2. The van der Waals surface area contributed by atoms with Crippen LogP contribution in [-0.4, -0.2) is 40.6 Å². The smallest absolute Gasteiger partial charge is 0.312 e. The molecule has 1 unspecified atom stereocenters. The molecule has 0 aromatic carbocycles. The Bertz CT molecular complexity index is 347. The number of aliphatic carboxylic acids is 1. The summed E-state index contributed by atoms with van der Waals surface area (Å²) in [6, 6.07) is 3.57. The SMILES string of the molecule is O=C(O)C(CN1CCCC1)c1ccncc1. The molecule has 0 spiro atoms. The minimum atomic E-state index is -0.752. The normalized spacial score (nSPS) is 18.5. The Morgan fingerprint density at radius 3 is 2.56 bits per heavy atom. The summed E-state index contributed by atoms with van der Waals surface area (Å²) >= 11 is 0. The second-order valence-corrected chi connectivity index (χ2v) is 4.18. The first kappa shape index (κ1) is 11.1. The van der Waals surface area contributed by atoms with Crippen molar-refractivity contribution in [2.24, 2.45) is 0 Å². The van der Waals surface area contributed by atoms with E-state index < -0.39 is 11.9 Å². The van der Waals surface area contributed by atoms with Gasteiger partial charge in [-0.25, -0.2) is 0 Å². The zero-order chi connectivity index (χ0) is 11.4. The Labute approximate surface area is 94.9 Å². The van der Waals surface area contributed by atoms with Crippen LogP contribution in [-0.2, 0) is 4.79 Å². The van der Waals surface area contributed by atoms with Crippen LogP contribution in [0.1, 0.15) is 24.3 Å². The van der Waals surface area contributed by atoms with Gasteiger partial charge in [0.25, 0.3) is 0 Å². The maximum atomic E-state index is 11.2. The van der Waals surface area contributed by atoms with Crippen molar-refractivity contribution in [2.75, 3.05) is 19.6 Å². The third kappa shape index (κ3) is 2.58. The van der Waals surface area contributed by atoms with Crippen molar-refractivity contribution in [1.82, 2.24) is 9.88 Å². The molecule has 1 saturated heterocycles. The van der Waals surface area contributed by atoms with Gasteiger partial charge in [-0.1, -0.05) is 0 Å². The second-order valence-electron chi connectivity index (χ2n) is 4.18. The Balaban J connectivity index is 2.08. The van der Waals surface area contributed by atoms with E-state index in [1.807, 2.05) is 0 Å². The van der Waals surface area contributed by atoms with Crippen LogP contribution in [0.2, 0.25) is 0 Å². The van der Waals surface area contributed by atoms with E-state index in [9.17, 15) is 9.90 Å². The molecule has 4 heteroatoms. The van der Waals surface area contributed by atoms with E-state index in [1.165, 1.54) is 12.8 Å². The summed E-state index contributed by atoms with van der Waals surface area (Å²) in [5.74, 6) is -1.18. The molecule has 0 amide bonds. The van der Waals surface area contributed by atoms with Gasteiger partial charge in [-0.2, -0.15) is 0 Å². The second kappa shape index (κ2) is 5.07. The first-order valence-electron chi connectivity index (χ1n) is 5.62. The largest absolute Gasteiger partial charge is 0.481 e. The molecule has 2 heterocycles. The van der Waals surface area contributed by atoms with Gasteiger partial charge in [-0.3, -0.25) is 9.78 Å². The van der Waals surface area contributed by atoms with Gasteiger partial charge >= 0.3 is 5.97 Å². The molecule has 0 bridgehead atoms. The minimum absolute atomic E-state index is 0.430. The number of aromatic nitrogens is 1. The van der Waals surface area contributed by atoms with Crippen molar-refractivity contribution in [3.63, 3.8) is 0 Å². The monoisotopic (exact) mass is 220 g/mol. The number of likely N-dealkylation sites (tertiary alicyclic amines) is 1. The quantitative estimate of drug-likeness (QED) is 0.832. The zero-order valence-electron chi connectivity index (χ0n) is 9.17. The summed E-state index contributed by atoms with van der Waals surface area (Å²) in [6.07, 6.45) is 5.66. The van der Waals surface area contributed by atoms with Crippen molar-refractivity contribution in [2.45, 2.75) is 18.8 Å². The molecule has 1 aromatic rings. The van der Waals surface area contributed by atoms with Gasteiger partial charge in [0.05, 0.1) is 5.92 Å². The lowest BCUT2D eigenvalue weighted by Gasteiger charge is -2.20. The number of rotatable bonds is 4. The Morgan fingerprint density at radius 1 is 1.38 bits per heavy atom. The predicted octanol–water partition coefficient (Wildman–Crippen LogP) is 1.35. The number of hydrogen-bond acceptors (Lipinski definition) is 3. The molecule has 1 atom stereocenters. The third-order valence-electron chi connectivity index (χ3n) is 3.05. The molecule has 0 saturated carbocycles. The minimum Gasteiger partial charge on any atom is -0.481 e. The topological polar surface area (TPSA) is 53.4 Å². The first-order valence-corrected chi connectivity index (χ1v) is 5.62. The van der Waals surface area contributed by atoms with E-state index in [0.29, 0.717) is 6.54 Å². The fraction of sp³-hybridized carbons (Fsp3) is 0.500. The van der Waals surface area contributed by atoms with Crippen LogP contribution in [0.25, 0.3) is 0 Å². The van der Waals surface area contributed by atoms with E-state index in [1.54, 1.807) is 24.5 Å². The van der Waals surface area contributed by atoms with Crippen LogP contribution in [0.3, 0.4) is 0 Å². The highest BCUT2D eigenvalue weighted by atomic mass is 16.4. The molecule has 86 valence electrons. The maximum Gasteiger partial charge on any atom is 0.312 e. The number of carboxylic acids is 1. The van der Waals surface area contributed by atoms with E-state index >= 15 is 0 Å². The highest BCUT2D eigenvalue weighted by Crippen LogP contribution is 2.19. The van der Waals surface area contributed by atoms with Crippen molar-refractivity contribution >= 4 is 5.97 Å². The fourth-order valence-corrected chi connectivity index (χ4v) is 2.15. The summed E-state index contributed by atoms with van der Waals surface area (Å²) in [5, 5.41) is 9.24. The predicted molar refractivity (Wildman–Crippen MR) is 60.3 cm³/mol. The summed E-state index contributed by atoms with van der Waals surface area (Å²) in [7, 11) is 0. The van der Waals surface area contributed by atoms with Gasteiger partial charge in [0, 0.05) is 18.9 Å². The molecule has 2 rings (SSSR count). The molecule has 1 N–H and O–H groups in total. The number of carboxylic acid groups (broad SMARTS) is 1. The lowest BCUT2D eigenvalue weighted by Crippen LogP contribution is -2.29. The van der Waals surface area contributed by atoms with Crippen LogP contribution in [0.4, 0.5) is 0 Å². The van der Waals surface area contributed by atoms with Gasteiger partial charge in [0.15, 0.2) is 0 Å². The van der Waals surface area contributed by atoms with Gasteiger partial charge < -0.3 is 10.0 Å². The highest BCUT2D eigenvalue weighted by molar-refractivity contribution is 5.76. The Kier molecular flexibility index (Phi) is 3.51. The molecule has 1 aliphatic rings. The number of hydrogen-bond donors (Lipinski definition) is 1. The van der Waals surface area contributed by atoms with E-state index in [4.69, 9.17) is 0 Å². The third-order valence-corrected chi connectivity index (χ3v) is 3.05. The van der Waals surface area contributed by atoms with E-state index in [-0.39, 0.29) is 0 Å². The van der Waals surface area contributed by atoms with Crippen LogP contribution < -0.4 is 0 Å². The van der Waals surface area contributed by atoms with E-state index in [0.717, 1.165) is 18.7 Å². The van der Waals surface area contributed by atoms with Crippen LogP contribution in [0.5, 0.6) is 0 Å². The van der Waals surface area contributed by atoms with Crippen molar-refractivity contribution in [3.05, 3.63) is 30.1 Å². The van der Waals surface area contributed by atoms with Gasteiger partial charge in [0.2, 0.25) is 0 Å². The molecule has 1 aromatic heterocycles. The van der Waals surface area contributed by atoms with E-state index in [2.05, 4.69) is 9.88 Å². The summed E-state index contributed by atoms with van der Waals surface area (Å²) in [6.45, 7) is 2.66. The number of pyridine rings is 1. The van der Waals surface area contributed by atoms with Crippen molar-refractivity contribution in [3.8, 4) is 0 Å². The molecule has 1 aliphatic heterocycles. The molecule has 0 aliphatic carbocycles. The lowest BCUT2D eigenvalue weighted by atomic mass is 10.00. The maximum absolute atomic E-state index is 11.2. The molecular weight excluding hydrogens is 204 g/mol. The fourth-order valence-electron chi connectivity index (χ4n) is 2.15. The van der Waals surface area contributed by atoms with Gasteiger partial charge in [-0.15, -0.1) is 0 Å². The zero-order valence-corrected chi connectivity index (χ0v) is 9.17. The number of carbonyl (C=O) groups is 1. The van der Waals surface area contributed by atoms with Crippen molar-refractivity contribution in [1.29, 1.82) is 0 Å². The summed E-state index contributed by atoms with van der Waals surface area (Å²) in [5.41, 5.74) is 0.842.